The van der Waals surface area contributed by atoms with Crippen LogP contribution in [-0.2, 0) is 6.54 Å². The second kappa shape index (κ2) is 7.91. The van der Waals surface area contributed by atoms with Crippen LogP contribution in [0, 0.1) is 0 Å². The van der Waals surface area contributed by atoms with Crippen LogP contribution in [0.2, 0.25) is 0 Å². The number of amides is 2. The van der Waals surface area contributed by atoms with Crippen molar-refractivity contribution in [2.45, 2.75) is 26.3 Å². The zero-order chi connectivity index (χ0) is 18.7. The summed E-state index contributed by atoms with van der Waals surface area (Å²) >= 11 is 0. The van der Waals surface area contributed by atoms with Gasteiger partial charge in [-0.2, -0.15) is 5.10 Å². The molecule has 2 amide bonds. The van der Waals surface area contributed by atoms with Gasteiger partial charge in [0.2, 0.25) is 0 Å². The summed E-state index contributed by atoms with van der Waals surface area (Å²) in [6.45, 7) is 8.62. The fourth-order valence-electron chi connectivity index (χ4n) is 3.23. The number of rotatable bonds is 4. The van der Waals surface area contributed by atoms with Crippen LogP contribution in [0.3, 0.4) is 0 Å². The summed E-state index contributed by atoms with van der Waals surface area (Å²) in [7, 11) is 3.60. The van der Waals surface area contributed by atoms with Gasteiger partial charge in [-0.3, -0.25) is 4.90 Å². The molecule has 0 bridgehead atoms. The highest BCUT2D eigenvalue weighted by Gasteiger charge is 2.22. The quantitative estimate of drug-likeness (QED) is 0.847. The Bertz CT molecular complexity index is 727. The smallest absolute Gasteiger partial charge is 0.319 e. The first-order valence-corrected chi connectivity index (χ1v) is 9.26. The number of hydrogen-bond acceptors (Lipinski definition) is 3. The molecule has 0 aliphatic carbocycles. The van der Waals surface area contributed by atoms with Gasteiger partial charge in [-0.1, -0.05) is 26.0 Å². The third-order valence-electron chi connectivity index (χ3n) is 4.89. The molecule has 1 saturated heterocycles. The van der Waals surface area contributed by atoms with E-state index in [2.05, 4.69) is 54.3 Å². The van der Waals surface area contributed by atoms with E-state index >= 15 is 0 Å². The molecule has 0 saturated carbocycles. The summed E-state index contributed by atoms with van der Waals surface area (Å²) in [6.07, 6.45) is 4.04. The van der Waals surface area contributed by atoms with Crippen molar-refractivity contribution in [3.63, 3.8) is 0 Å². The lowest BCUT2D eigenvalue weighted by Gasteiger charge is -2.35. The first-order chi connectivity index (χ1) is 12.4. The number of piperazine rings is 1. The molecule has 3 rings (SSSR count). The molecule has 26 heavy (non-hydrogen) atoms. The molecule has 0 N–H and O–H groups in total. The van der Waals surface area contributed by atoms with Crippen molar-refractivity contribution in [1.29, 1.82) is 0 Å². The maximum absolute atomic E-state index is 12.0. The molecule has 1 fully saturated rings. The number of nitrogens with zero attached hydrogens (tertiary/aromatic N) is 5. The minimum Gasteiger partial charge on any atom is -0.331 e. The number of benzene rings is 1. The SMILES string of the molecule is CC(C)c1ccc(-n2cc(CN3CCN(C(=O)N(C)C)CC3)cn2)cc1. The monoisotopic (exact) mass is 355 g/mol. The Morgan fingerprint density at radius 2 is 1.77 bits per heavy atom. The first kappa shape index (κ1) is 18.5. The van der Waals surface area contributed by atoms with Gasteiger partial charge in [0.1, 0.15) is 0 Å². The van der Waals surface area contributed by atoms with Gasteiger partial charge in [-0.05, 0) is 23.6 Å². The van der Waals surface area contributed by atoms with E-state index in [9.17, 15) is 4.79 Å². The van der Waals surface area contributed by atoms with Crippen molar-refractivity contribution in [3.8, 4) is 5.69 Å². The van der Waals surface area contributed by atoms with Crippen molar-refractivity contribution in [2.75, 3.05) is 40.3 Å². The molecule has 1 aromatic carbocycles. The van der Waals surface area contributed by atoms with Gasteiger partial charge in [-0.15, -0.1) is 0 Å². The van der Waals surface area contributed by atoms with Crippen LogP contribution in [-0.4, -0.2) is 70.8 Å². The van der Waals surface area contributed by atoms with E-state index in [1.54, 1.807) is 19.0 Å². The summed E-state index contributed by atoms with van der Waals surface area (Å²) in [5.74, 6) is 0.537. The highest BCUT2D eigenvalue weighted by atomic mass is 16.2. The van der Waals surface area contributed by atoms with E-state index in [1.165, 1.54) is 11.1 Å². The third-order valence-corrected chi connectivity index (χ3v) is 4.89. The van der Waals surface area contributed by atoms with Gasteiger partial charge in [0.25, 0.3) is 0 Å². The molecule has 0 unspecified atom stereocenters. The van der Waals surface area contributed by atoms with Crippen LogP contribution in [0.1, 0.15) is 30.9 Å². The third kappa shape index (κ3) is 4.25. The number of carbonyl (C=O) groups excluding carboxylic acids is 1. The lowest BCUT2D eigenvalue weighted by Crippen LogP contribution is -2.51. The largest absolute Gasteiger partial charge is 0.331 e. The maximum Gasteiger partial charge on any atom is 0.319 e. The highest BCUT2D eigenvalue weighted by Crippen LogP contribution is 2.17. The molecule has 0 spiro atoms. The van der Waals surface area contributed by atoms with Gasteiger partial charge in [0, 0.05) is 58.6 Å². The van der Waals surface area contributed by atoms with E-state index < -0.39 is 0 Å². The number of carbonyl (C=O) groups is 1. The zero-order valence-corrected chi connectivity index (χ0v) is 16.2. The molecule has 1 aliphatic rings. The molecular weight excluding hydrogens is 326 g/mol. The van der Waals surface area contributed by atoms with Gasteiger partial charge >= 0.3 is 6.03 Å². The number of urea groups is 1. The summed E-state index contributed by atoms with van der Waals surface area (Å²) < 4.78 is 1.94. The van der Waals surface area contributed by atoms with E-state index in [0.29, 0.717) is 5.92 Å². The van der Waals surface area contributed by atoms with Crippen LogP contribution < -0.4 is 0 Å². The second-order valence-corrected chi connectivity index (χ2v) is 7.48. The minimum atomic E-state index is 0.0994. The van der Waals surface area contributed by atoms with E-state index in [4.69, 9.17) is 0 Å². The van der Waals surface area contributed by atoms with Crippen molar-refractivity contribution in [1.82, 2.24) is 24.5 Å². The van der Waals surface area contributed by atoms with E-state index in [0.717, 1.165) is 38.4 Å². The molecule has 0 atom stereocenters. The standard InChI is InChI=1S/C20H29N5O/c1-16(2)18-5-7-19(8-6-18)25-15-17(13-21-25)14-23-9-11-24(12-10-23)20(26)22(3)4/h5-8,13,15-16H,9-12,14H2,1-4H3. The van der Waals surface area contributed by atoms with Crippen LogP contribution in [0.5, 0.6) is 0 Å². The van der Waals surface area contributed by atoms with Gasteiger partial charge in [0.05, 0.1) is 11.9 Å². The molecule has 6 heteroatoms. The second-order valence-electron chi connectivity index (χ2n) is 7.48. The topological polar surface area (TPSA) is 44.6 Å². The predicted molar refractivity (Wildman–Crippen MR) is 104 cm³/mol. The average molecular weight is 355 g/mol. The van der Waals surface area contributed by atoms with E-state index in [-0.39, 0.29) is 6.03 Å². The summed E-state index contributed by atoms with van der Waals surface area (Å²) in [5, 5.41) is 4.51. The Kier molecular flexibility index (Phi) is 5.61. The fourth-order valence-corrected chi connectivity index (χ4v) is 3.23. The molecule has 1 aromatic heterocycles. The highest BCUT2D eigenvalue weighted by molar-refractivity contribution is 5.73. The predicted octanol–water partition coefficient (Wildman–Crippen LogP) is 2.79. The van der Waals surface area contributed by atoms with Crippen LogP contribution in [0.15, 0.2) is 36.7 Å². The van der Waals surface area contributed by atoms with Gasteiger partial charge < -0.3 is 9.80 Å². The van der Waals surface area contributed by atoms with Crippen molar-refractivity contribution < 1.29 is 4.79 Å². The fraction of sp³-hybridized carbons (Fsp3) is 0.500. The summed E-state index contributed by atoms with van der Waals surface area (Å²) in [5.41, 5.74) is 3.62. The van der Waals surface area contributed by atoms with Crippen LogP contribution in [0.25, 0.3) is 5.69 Å². The van der Waals surface area contributed by atoms with Crippen LogP contribution >= 0.6 is 0 Å². The summed E-state index contributed by atoms with van der Waals surface area (Å²) in [6, 6.07) is 8.68. The van der Waals surface area contributed by atoms with E-state index in [1.807, 2.05) is 15.8 Å². The Morgan fingerprint density at radius 3 is 2.35 bits per heavy atom. The van der Waals surface area contributed by atoms with Crippen molar-refractivity contribution in [2.24, 2.45) is 0 Å². The molecular formula is C20H29N5O. The first-order valence-electron chi connectivity index (χ1n) is 9.26. The van der Waals surface area contributed by atoms with Gasteiger partial charge in [0.15, 0.2) is 0 Å². The minimum absolute atomic E-state index is 0.0994. The van der Waals surface area contributed by atoms with Gasteiger partial charge in [-0.25, -0.2) is 9.48 Å². The molecule has 0 radical (unpaired) electrons. The molecule has 1 aliphatic heterocycles. The Hall–Kier alpha value is -2.34. The Labute approximate surface area is 156 Å². The molecule has 140 valence electrons. The van der Waals surface area contributed by atoms with Crippen LogP contribution in [0.4, 0.5) is 4.79 Å². The molecule has 2 heterocycles. The number of aromatic nitrogens is 2. The van der Waals surface area contributed by atoms with Crippen molar-refractivity contribution >= 4 is 6.03 Å². The Balaban J connectivity index is 1.57. The molecule has 2 aromatic rings. The molecule has 6 nitrogen and oxygen atoms in total. The maximum atomic E-state index is 12.0. The normalized spacial score (nSPS) is 15.5. The lowest BCUT2D eigenvalue weighted by molar-refractivity contribution is 0.120. The number of hydrogen-bond donors (Lipinski definition) is 0. The Morgan fingerprint density at radius 1 is 1.12 bits per heavy atom. The lowest BCUT2D eigenvalue weighted by atomic mass is 10.0. The van der Waals surface area contributed by atoms with Crippen molar-refractivity contribution in [3.05, 3.63) is 47.8 Å². The average Bonchev–Trinajstić information content (AvgIpc) is 3.10. The zero-order valence-electron chi connectivity index (χ0n) is 16.2. The summed E-state index contributed by atoms with van der Waals surface area (Å²) in [4.78, 5) is 17.9.